The highest BCUT2D eigenvalue weighted by molar-refractivity contribution is 5.94. The molecule has 1 aliphatic heterocycles. The summed E-state index contributed by atoms with van der Waals surface area (Å²) in [5.74, 6) is 0.797. The molecule has 4 heteroatoms. The van der Waals surface area contributed by atoms with Crippen LogP contribution in [0.5, 0.6) is 0 Å². The predicted octanol–water partition coefficient (Wildman–Crippen LogP) is 3.60. The fourth-order valence-electron chi connectivity index (χ4n) is 3.33. The van der Waals surface area contributed by atoms with Gasteiger partial charge in [0.2, 0.25) is 0 Å². The third kappa shape index (κ3) is 3.69. The number of amides is 2. The van der Waals surface area contributed by atoms with Crippen LogP contribution in [0, 0.1) is 5.92 Å². The van der Waals surface area contributed by atoms with Gasteiger partial charge in [-0.25, -0.2) is 4.79 Å². The summed E-state index contributed by atoms with van der Waals surface area (Å²) in [5, 5.41) is 6.41. The number of nitrogens with zero attached hydrogens (tertiary/aromatic N) is 1. The van der Waals surface area contributed by atoms with Crippen molar-refractivity contribution in [3.63, 3.8) is 0 Å². The fourth-order valence-corrected chi connectivity index (χ4v) is 3.33. The number of benzene rings is 1. The van der Waals surface area contributed by atoms with Crippen LogP contribution >= 0.6 is 0 Å². The average molecular weight is 287 g/mol. The molecular weight excluding hydrogens is 262 g/mol. The van der Waals surface area contributed by atoms with Crippen LogP contribution in [0.3, 0.4) is 0 Å². The van der Waals surface area contributed by atoms with E-state index in [1.807, 2.05) is 12.1 Å². The van der Waals surface area contributed by atoms with Crippen molar-refractivity contribution < 1.29 is 4.79 Å². The molecule has 1 saturated carbocycles. The van der Waals surface area contributed by atoms with Crippen LogP contribution in [0.1, 0.15) is 38.5 Å². The molecule has 1 aliphatic carbocycles. The number of urea groups is 1. The highest BCUT2D eigenvalue weighted by atomic mass is 16.2. The van der Waals surface area contributed by atoms with Crippen molar-refractivity contribution in [3.05, 3.63) is 24.3 Å². The van der Waals surface area contributed by atoms with Gasteiger partial charge >= 0.3 is 6.03 Å². The van der Waals surface area contributed by atoms with Gasteiger partial charge in [-0.3, -0.25) is 4.90 Å². The van der Waals surface area contributed by atoms with Gasteiger partial charge in [0.1, 0.15) is 0 Å². The van der Waals surface area contributed by atoms with Gasteiger partial charge in [-0.1, -0.05) is 31.7 Å². The molecule has 0 aromatic heterocycles. The lowest BCUT2D eigenvalue weighted by molar-refractivity contribution is 0.252. The van der Waals surface area contributed by atoms with Crippen molar-refractivity contribution in [2.24, 2.45) is 5.92 Å². The minimum atomic E-state index is 0.0101. The average Bonchev–Trinajstić information content (AvgIpc) is 2.77. The van der Waals surface area contributed by atoms with Gasteiger partial charge in [0.05, 0.1) is 0 Å². The third-order valence-electron chi connectivity index (χ3n) is 4.58. The highest BCUT2D eigenvalue weighted by Gasteiger charge is 2.21. The summed E-state index contributed by atoms with van der Waals surface area (Å²) in [7, 11) is 0. The number of rotatable bonds is 4. The zero-order valence-electron chi connectivity index (χ0n) is 12.6. The lowest BCUT2D eigenvalue weighted by Crippen LogP contribution is -2.27. The molecule has 1 aromatic carbocycles. The second-order valence-electron chi connectivity index (χ2n) is 6.17. The van der Waals surface area contributed by atoms with Gasteiger partial charge in [0, 0.05) is 31.0 Å². The van der Waals surface area contributed by atoms with Gasteiger partial charge in [-0.2, -0.15) is 0 Å². The van der Waals surface area contributed by atoms with Gasteiger partial charge in [-0.15, -0.1) is 0 Å². The van der Waals surface area contributed by atoms with Crippen molar-refractivity contribution in [2.45, 2.75) is 38.5 Å². The molecule has 2 aliphatic rings. The normalized spacial score (nSPS) is 20.2. The van der Waals surface area contributed by atoms with E-state index in [9.17, 15) is 4.79 Å². The fraction of sp³-hybridized carbons (Fsp3) is 0.588. The van der Waals surface area contributed by atoms with Crippen LogP contribution in [0.2, 0.25) is 0 Å². The SMILES string of the molecule is O=C1NCCN1c1cccc(NCC2CCCCCC2)c1. The van der Waals surface area contributed by atoms with Crippen molar-refractivity contribution >= 4 is 17.4 Å². The van der Waals surface area contributed by atoms with Crippen LogP contribution in [-0.4, -0.2) is 25.7 Å². The Morgan fingerprint density at radius 2 is 2.00 bits per heavy atom. The van der Waals surface area contributed by atoms with E-state index in [1.165, 1.54) is 38.5 Å². The summed E-state index contributed by atoms with van der Waals surface area (Å²) in [6.45, 7) is 2.54. The first-order chi connectivity index (χ1) is 10.3. The number of carbonyl (C=O) groups excluding carboxylic acids is 1. The predicted molar refractivity (Wildman–Crippen MR) is 86.9 cm³/mol. The largest absolute Gasteiger partial charge is 0.385 e. The number of hydrogen-bond acceptors (Lipinski definition) is 2. The van der Waals surface area contributed by atoms with E-state index < -0.39 is 0 Å². The van der Waals surface area contributed by atoms with Crippen LogP contribution in [0.4, 0.5) is 16.2 Å². The van der Waals surface area contributed by atoms with E-state index in [1.54, 1.807) is 4.90 Å². The smallest absolute Gasteiger partial charge is 0.321 e. The molecule has 0 atom stereocenters. The minimum absolute atomic E-state index is 0.0101. The first-order valence-electron chi connectivity index (χ1n) is 8.22. The molecule has 1 aromatic rings. The lowest BCUT2D eigenvalue weighted by atomic mass is 10.0. The molecule has 0 unspecified atom stereocenters. The zero-order chi connectivity index (χ0) is 14.5. The molecule has 114 valence electrons. The van der Waals surface area contributed by atoms with Crippen LogP contribution < -0.4 is 15.5 Å². The van der Waals surface area contributed by atoms with E-state index in [0.29, 0.717) is 0 Å². The molecule has 2 N–H and O–H groups in total. The van der Waals surface area contributed by atoms with E-state index >= 15 is 0 Å². The molecule has 1 saturated heterocycles. The number of anilines is 2. The topological polar surface area (TPSA) is 44.4 Å². The van der Waals surface area contributed by atoms with Gasteiger partial charge in [0.15, 0.2) is 0 Å². The first kappa shape index (κ1) is 14.2. The zero-order valence-corrected chi connectivity index (χ0v) is 12.6. The molecular formula is C17H25N3O. The molecule has 3 rings (SSSR count). The Bertz CT molecular complexity index is 481. The van der Waals surface area contributed by atoms with E-state index in [-0.39, 0.29) is 6.03 Å². The Balaban J connectivity index is 1.59. The lowest BCUT2D eigenvalue weighted by Gasteiger charge is -2.18. The Labute approximate surface area is 126 Å². The standard InChI is InChI=1S/C17H25N3O/c21-17-18-10-11-20(17)16-9-5-8-15(12-16)19-13-14-6-3-1-2-4-7-14/h5,8-9,12,14,19H,1-4,6-7,10-11,13H2,(H,18,21). The van der Waals surface area contributed by atoms with Gasteiger partial charge in [0.25, 0.3) is 0 Å². The van der Waals surface area contributed by atoms with E-state index in [0.717, 1.165) is 36.9 Å². The number of carbonyl (C=O) groups is 1. The summed E-state index contributed by atoms with van der Waals surface area (Å²) in [6.07, 6.45) is 8.25. The molecule has 0 bridgehead atoms. The maximum atomic E-state index is 11.7. The summed E-state index contributed by atoms with van der Waals surface area (Å²) in [6, 6.07) is 8.21. The Morgan fingerprint density at radius 1 is 1.19 bits per heavy atom. The second kappa shape index (κ2) is 6.83. The summed E-state index contributed by atoms with van der Waals surface area (Å²) in [5.41, 5.74) is 2.10. The second-order valence-corrected chi connectivity index (χ2v) is 6.17. The maximum Gasteiger partial charge on any atom is 0.321 e. The number of hydrogen-bond donors (Lipinski definition) is 2. The quantitative estimate of drug-likeness (QED) is 0.831. The molecule has 2 amide bonds. The van der Waals surface area contributed by atoms with Gasteiger partial charge in [-0.05, 0) is 37.0 Å². The van der Waals surface area contributed by atoms with Crippen molar-refractivity contribution in [2.75, 3.05) is 29.9 Å². The van der Waals surface area contributed by atoms with Crippen molar-refractivity contribution in [3.8, 4) is 0 Å². The van der Waals surface area contributed by atoms with Crippen LogP contribution in [0.25, 0.3) is 0 Å². The van der Waals surface area contributed by atoms with Crippen molar-refractivity contribution in [1.29, 1.82) is 0 Å². The first-order valence-corrected chi connectivity index (χ1v) is 8.22. The Morgan fingerprint density at radius 3 is 2.71 bits per heavy atom. The molecule has 0 radical (unpaired) electrons. The molecule has 2 fully saturated rings. The summed E-state index contributed by atoms with van der Waals surface area (Å²) < 4.78 is 0. The molecule has 21 heavy (non-hydrogen) atoms. The molecule has 0 spiro atoms. The monoisotopic (exact) mass is 287 g/mol. The third-order valence-corrected chi connectivity index (χ3v) is 4.58. The maximum absolute atomic E-state index is 11.7. The Kier molecular flexibility index (Phi) is 4.63. The molecule has 1 heterocycles. The van der Waals surface area contributed by atoms with Crippen LogP contribution in [-0.2, 0) is 0 Å². The summed E-state index contributed by atoms with van der Waals surface area (Å²) >= 11 is 0. The Hall–Kier alpha value is -1.71. The highest BCUT2D eigenvalue weighted by Crippen LogP contribution is 2.25. The van der Waals surface area contributed by atoms with Gasteiger partial charge < -0.3 is 10.6 Å². The van der Waals surface area contributed by atoms with E-state index in [4.69, 9.17) is 0 Å². The summed E-state index contributed by atoms with van der Waals surface area (Å²) in [4.78, 5) is 13.5. The van der Waals surface area contributed by atoms with Crippen molar-refractivity contribution in [1.82, 2.24) is 5.32 Å². The number of nitrogens with one attached hydrogen (secondary N) is 2. The minimum Gasteiger partial charge on any atom is -0.385 e. The van der Waals surface area contributed by atoms with E-state index in [2.05, 4.69) is 22.8 Å². The molecule has 4 nitrogen and oxygen atoms in total. The van der Waals surface area contributed by atoms with Crippen LogP contribution in [0.15, 0.2) is 24.3 Å².